The third kappa shape index (κ3) is 11.4. The minimum absolute atomic E-state index is 0.0151. The highest BCUT2D eigenvalue weighted by Gasteiger charge is 2.50. The summed E-state index contributed by atoms with van der Waals surface area (Å²) in [6, 6.07) is 7.59. The Labute approximate surface area is 443 Å². The molecule has 0 radical (unpaired) electrons. The van der Waals surface area contributed by atoms with E-state index in [0.717, 1.165) is 6.54 Å². The molecule has 0 saturated carbocycles. The SMILES string of the molecule is C/C1=C/C=C/[C@H](C)[C@H](O)[C@@H](C)[C@@H](O)[C@@H](C)C(OC(=O)CC(=O)N2CCC(NS(=O)(=O)c3ccccc3)CC2)CC/C=C/OC2(C)Oc3c(C)c(O)c4c(O)c(c5c(c4c3C2=O)=NC2(CCN(CC(C)C)CC2)N=5)NC1=O. The van der Waals surface area contributed by atoms with E-state index in [1.54, 1.807) is 64.1 Å². The Bertz CT molecular complexity index is 3090. The molecular formula is C56H72N6O13S. The number of carbonyl (C=O) groups excluding carboxylic acids is 4. The van der Waals surface area contributed by atoms with E-state index in [0.29, 0.717) is 44.7 Å². The number of hydrogen-bond acceptors (Lipinski definition) is 16. The van der Waals surface area contributed by atoms with Gasteiger partial charge in [0.25, 0.3) is 11.7 Å². The molecular weight excluding hydrogens is 997 g/mol. The Kier molecular flexibility index (Phi) is 16.5. The number of sulfonamides is 1. The van der Waals surface area contributed by atoms with Gasteiger partial charge in [-0.1, -0.05) is 71.0 Å². The number of aliphatic hydroxyl groups excluding tert-OH is 2. The molecule has 6 N–H and O–H groups in total. The lowest BCUT2D eigenvalue weighted by molar-refractivity contribution is -0.159. The highest BCUT2D eigenvalue weighted by molar-refractivity contribution is 7.89. The van der Waals surface area contributed by atoms with Gasteiger partial charge in [-0.3, -0.25) is 29.2 Å². The van der Waals surface area contributed by atoms with E-state index in [4.69, 9.17) is 24.2 Å². The van der Waals surface area contributed by atoms with Crippen molar-refractivity contribution in [2.75, 3.05) is 38.0 Å². The van der Waals surface area contributed by atoms with Gasteiger partial charge < -0.3 is 49.8 Å². The van der Waals surface area contributed by atoms with Crippen LogP contribution in [0.1, 0.15) is 109 Å². The van der Waals surface area contributed by atoms with Crippen molar-refractivity contribution in [1.82, 2.24) is 14.5 Å². The summed E-state index contributed by atoms with van der Waals surface area (Å²) in [6.45, 7) is 16.6. The molecule has 410 valence electrons. The number of likely N-dealkylation sites (tertiary alicyclic amines) is 2. The van der Waals surface area contributed by atoms with Crippen molar-refractivity contribution >= 4 is 50.1 Å². The average Bonchev–Trinajstić information content (AvgIpc) is 4.02. The van der Waals surface area contributed by atoms with Crippen LogP contribution >= 0.6 is 0 Å². The molecule has 6 aliphatic heterocycles. The van der Waals surface area contributed by atoms with Gasteiger partial charge in [0.2, 0.25) is 15.9 Å². The van der Waals surface area contributed by atoms with Gasteiger partial charge in [0.1, 0.15) is 35.1 Å². The second-order valence-corrected chi connectivity index (χ2v) is 23.4. The zero-order valence-corrected chi connectivity index (χ0v) is 45.4. The van der Waals surface area contributed by atoms with Gasteiger partial charge in [0.05, 0.1) is 39.7 Å². The first-order chi connectivity index (χ1) is 35.9. The number of amides is 2. The minimum atomic E-state index is -3.76. The first-order valence-corrected chi connectivity index (χ1v) is 27.8. The second kappa shape index (κ2) is 22.4. The predicted octanol–water partition coefficient (Wildman–Crippen LogP) is 5.22. The molecule has 19 nitrogen and oxygen atoms in total. The maximum atomic E-state index is 14.8. The number of Topliss-reactive ketones (excluding diaryl/α,β-unsaturated/α-hetero) is 1. The van der Waals surface area contributed by atoms with Crippen LogP contribution in [0.2, 0.25) is 0 Å². The van der Waals surface area contributed by atoms with Gasteiger partial charge in [0, 0.05) is 92.8 Å². The van der Waals surface area contributed by atoms with Crippen molar-refractivity contribution in [3.05, 3.63) is 88.3 Å². The number of nitrogens with one attached hydrogen (secondary N) is 2. The van der Waals surface area contributed by atoms with E-state index in [-0.39, 0.29) is 80.5 Å². The van der Waals surface area contributed by atoms with Gasteiger partial charge in [-0.05, 0) is 63.7 Å². The number of rotatable bonds is 8. The molecule has 6 aliphatic rings. The number of piperidine rings is 2. The summed E-state index contributed by atoms with van der Waals surface area (Å²) >= 11 is 0. The molecule has 2 fully saturated rings. The van der Waals surface area contributed by atoms with Crippen molar-refractivity contribution in [1.29, 1.82) is 0 Å². The Hall–Kier alpha value is -6.19. The average molecular weight is 1070 g/mol. The third-order valence-electron chi connectivity index (χ3n) is 15.6. The highest BCUT2D eigenvalue weighted by atomic mass is 32.2. The molecule has 76 heavy (non-hydrogen) atoms. The fourth-order valence-electron chi connectivity index (χ4n) is 11.0. The second-order valence-electron chi connectivity index (χ2n) is 21.7. The Morgan fingerprint density at radius 3 is 2.26 bits per heavy atom. The van der Waals surface area contributed by atoms with E-state index in [1.165, 1.54) is 43.2 Å². The first-order valence-electron chi connectivity index (χ1n) is 26.3. The lowest BCUT2D eigenvalue weighted by Crippen LogP contribution is -2.47. The number of fused-ring (bicyclic) bond motifs is 13. The molecule has 2 amide bonds. The molecule has 1 spiro atoms. The lowest BCUT2D eigenvalue weighted by atomic mass is 9.81. The molecule has 3 aromatic carbocycles. The van der Waals surface area contributed by atoms with Crippen molar-refractivity contribution in [2.24, 2.45) is 33.7 Å². The van der Waals surface area contributed by atoms with E-state index in [1.807, 2.05) is 0 Å². The molecule has 2 saturated heterocycles. The van der Waals surface area contributed by atoms with E-state index < -0.39 is 105 Å². The fourth-order valence-corrected chi connectivity index (χ4v) is 12.3. The fraction of sp³-hybridized carbons (Fsp3) is 0.536. The smallest absolute Gasteiger partial charge is 0.315 e. The van der Waals surface area contributed by atoms with Crippen molar-refractivity contribution in [3.8, 4) is 17.2 Å². The van der Waals surface area contributed by atoms with E-state index in [2.05, 4.69) is 28.8 Å². The Morgan fingerprint density at radius 1 is 0.921 bits per heavy atom. The molecule has 2 unspecified atom stereocenters. The monoisotopic (exact) mass is 1070 g/mol. The molecule has 6 heterocycles. The van der Waals surface area contributed by atoms with Crippen LogP contribution in [-0.4, -0.2) is 131 Å². The minimum Gasteiger partial charge on any atom is -0.507 e. The van der Waals surface area contributed by atoms with Crippen LogP contribution in [-0.2, 0) is 33.9 Å². The number of allylic oxidation sites excluding steroid dienone is 3. The van der Waals surface area contributed by atoms with Gasteiger partial charge in [0.15, 0.2) is 11.4 Å². The molecule has 20 heteroatoms. The van der Waals surface area contributed by atoms with Crippen LogP contribution in [0.5, 0.6) is 17.2 Å². The number of ether oxygens (including phenoxy) is 3. The third-order valence-corrected chi connectivity index (χ3v) is 17.1. The Morgan fingerprint density at radius 2 is 1.59 bits per heavy atom. The Balaban J connectivity index is 1.07. The number of ketones is 1. The van der Waals surface area contributed by atoms with Crippen molar-refractivity contribution in [2.45, 2.75) is 141 Å². The number of carbonyl (C=O) groups is 4. The normalized spacial score (nSPS) is 28.2. The number of benzene rings is 3. The number of phenols is 2. The standard InChI is InChI=1S/C56H72N6O13S/c1-31(2)30-61-26-22-56(23-27-61)58-45-42-43-50(67)36(7)52-44(42)53(69)55(8,75-52)73-28-13-12-19-39(74-41(64)29-40(63)62-24-20-37(21-25-62)60-76(71,72)38-17-10-9-11-18-38)34(5)49(66)35(6)48(65)32(3)15-14-16-33(4)54(70)57-47(51(43)68)46(45)59-56/h9-11,13-18,28,31-32,34-35,37,39,48-49,60,65-68H,12,19-27,29-30H2,1-8H3,(H,57,70)/b15-14+,28-13+,33-16-/t32-,34-,35+,39?,48-,49-,55?/m0/s1. The summed E-state index contributed by atoms with van der Waals surface area (Å²) in [5.74, 6) is -7.05. The summed E-state index contributed by atoms with van der Waals surface area (Å²) in [5, 5.41) is 50.6. The van der Waals surface area contributed by atoms with Crippen LogP contribution in [0, 0.1) is 30.6 Å². The number of anilines is 1. The summed E-state index contributed by atoms with van der Waals surface area (Å²) in [5.41, 5.74) is -0.699. The molecule has 5 bridgehead atoms. The molecule has 0 aliphatic carbocycles. The quantitative estimate of drug-likeness (QED) is 0.0961. The maximum Gasteiger partial charge on any atom is 0.315 e. The van der Waals surface area contributed by atoms with Gasteiger partial charge in [-0.15, -0.1) is 0 Å². The first kappa shape index (κ1) is 56.0. The zero-order valence-electron chi connectivity index (χ0n) is 44.5. The van der Waals surface area contributed by atoms with Crippen LogP contribution in [0.3, 0.4) is 0 Å². The number of aliphatic hydroxyl groups is 2. The number of esters is 1. The van der Waals surface area contributed by atoms with Crippen molar-refractivity contribution in [3.63, 3.8) is 0 Å². The van der Waals surface area contributed by atoms with Gasteiger partial charge in [-0.25, -0.2) is 13.1 Å². The van der Waals surface area contributed by atoms with Crippen molar-refractivity contribution < 1.29 is 62.2 Å². The predicted molar refractivity (Wildman–Crippen MR) is 282 cm³/mol. The van der Waals surface area contributed by atoms with E-state index >= 15 is 0 Å². The van der Waals surface area contributed by atoms with Crippen LogP contribution < -0.4 is 25.5 Å². The topological polar surface area (TPSA) is 266 Å². The summed E-state index contributed by atoms with van der Waals surface area (Å²) in [4.78, 5) is 70.2. The molecule has 0 aromatic heterocycles. The summed E-state index contributed by atoms with van der Waals surface area (Å²) < 4.78 is 46.9. The maximum absolute atomic E-state index is 14.8. The zero-order chi connectivity index (χ0) is 55.0. The van der Waals surface area contributed by atoms with Gasteiger partial charge >= 0.3 is 11.8 Å². The van der Waals surface area contributed by atoms with Crippen LogP contribution in [0.25, 0.3) is 10.8 Å². The summed E-state index contributed by atoms with van der Waals surface area (Å²) in [6.07, 6.45) is 5.82. The molecule has 7 atom stereocenters. The van der Waals surface area contributed by atoms with Crippen LogP contribution in [0.4, 0.5) is 5.69 Å². The van der Waals surface area contributed by atoms with Gasteiger partial charge in [-0.2, -0.15) is 0 Å². The largest absolute Gasteiger partial charge is 0.507 e. The summed E-state index contributed by atoms with van der Waals surface area (Å²) in [7, 11) is -3.76. The lowest BCUT2D eigenvalue weighted by Gasteiger charge is -2.36. The molecule has 9 rings (SSSR count). The number of phenolic OH excluding ortho intramolecular Hbond substituents is 2. The number of hydrogen-bond donors (Lipinski definition) is 6. The highest BCUT2D eigenvalue weighted by Crippen LogP contribution is 2.50. The van der Waals surface area contributed by atoms with E-state index in [9.17, 15) is 48.0 Å². The number of nitrogens with zero attached hydrogens (tertiary/aromatic N) is 4. The number of aromatic hydroxyl groups is 2. The molecule has 3 aromatic rings. The van der Waals surface area contributed by atoms with Crippen LogP contribution in [0.15, 0.2) is 81.4 Å².